The topological polar surface area (TPSA) is 108 Å². The fraction of sp³-hybridized carbons (Fsp3) is 0.444. The molecule has 8 nitrogen and oxygen atoms in total. The predicted molar refractivity (Wildman–Crippen MR) is 134 cm³/mol. The lowest BCUT2D eigenvalue weighted by molar-refractivity contribution is -0.138. The summed E-state index contributed by atoms with van der Waals surface area (Å²) in [5.41, 5.74) is 5.78. The molecular formula is C27H33N3O5. The molecule has 0 unspecified atom stereocenters. The van der Waals surface area contributed by atoms with Gasteiger partial charge in [-0.25, -0.2) is 9.59 Å². The Bertz CT molecular complexity index is 1090. The number of carboxylic acids is 1. The molecule has 35 heavy (non-hydrogen) atoms. The van der Waals surface area contributed by atoms with Crippen molar-refractivity contribution in [2.24, 2.45) is 5.92 Å². The molecule has 3 amide bonds. The molecule has 3 N–H and O–H groups in total. The Kier molecular flexibility index (Phi) is 7.58. The minimum Gasteiger partial charge on any atom is -0.481 e. The van der Waals surface area contributed by atoms with Crippen molar-refractivity contribution < 1.29 is 24.2 Å². The maximum Gasteiger partial charge on any atom is 0.410 e. The summed E-state index contributed by atoms with van der Waals surface area (Å²) in [6, 6.07) is 11.4. The van der Waals surface area contributed by atoms with E-state index in [1.54, 1.807) is 4.90 Å². The lowest BCUT2D eigenvalue weighted by Crippen LogP contribution is -2.39. The number of carbonyl (C=O) groups is 3. The number of nitrogens with zero attached hydrogens (tertiary/aromatic N) is 1. The van der Waals surface area contributed by atoms with Crippen molar-refractivity contribution >= 4 is 29.5 Å². The zero-order chi connectivity index (χ0) is 24.9. The molecule has 0 saturated heterocycles. The van der Waals surface area contributed by atoms with Gasteiger partial charge in [-0.15, -0.1) is 0 Å². The molecule has 1 fully saturated rings. The van der Waals surface area contributed by atoms with Crippen LogP contribution in [0, 0.1) is 19.8 Å². The van der Waals surface area contributed by atoms with Gasteiger partial charge in [0.15, 0.2) is 0 Å². The van der Waals surface area contributed by atoms with E-state index in [9.17, 15) is 14.4 Å². The Labute approximate surface area is 205 Å². The third kappa shape index (κ3) is 6.74. The summed E-state index contributed by atoms with van der Waals surface area (Å²) < 4.78 is 5.72. The number of carboxylic acid groups (broad SMARTS) is 1. The van der Waals surface area contributed by atoms with Crippen LogP contribution in [-0.2, 0) is 22.5 Å². The summed E-state index contributed by atoms with van der Waals surface area (Å²) in [5, 5.41) is 14.7. The molecule has 1 saturated carbocycles. The number of urea groups is 1. The molecule has 0 spiro atoms. The van der Waals surface area contributed by atoms with Gasteiger partial charge in [0, 0.05) is 30.9 Å². The fourth-order valence-corrected chi connectivity index (χ4v) is 5.04. The monoisotopic (exact) mass is 479 g/mol. The lowest BCUT2D eigenvalue weighted by Gasteiger charge is -2.32. The van der Waals surface area contributed by atoms with E-state index in [0.29, 0.717) is 38.0 Å². The van der Waals surface area contributed by atoms with Crippen LogP contribution < -0.4 is 10.6 Å². The Morgan fingerprint density at radius 1 is 0.943 bits per heavy atom. The Balaban J connectivity index is 1.28. The standard InChI is InChI=1S/C27H33N3O5/c1-17-11-18(2)13-23(12-17)29-26(33)28-22-6-5-21-16-30(10-9-20(21)15-22)27(34)35-24-7-3-19(4-8-24)14-25(31)32/h5-6,11-13,15,19,24H,3-4,7-10,14,16H2,1-2H3,(H,31,32)(H2,28,29,33)/t19-,24-. The van der Waals surface area contributed by atoms with Gasteiger partial charge in [0.2, 0.25) is 0 Å². The average Bonchev–Trinajstić information content (AvgIpc) is 2.79. The zero-order valence-electron chi connectivity index (χ0n) is 20.3. The number of rotatable bonds is 5. The number of nitrogens with one attached hydrogen (secondary N) is 2. The minimum atomic E-state index is -0.766. The summed E-state index contributed by atoms with van der Waals surface area (Å²) in [6.45, 7) is 5.01. The van der Waals surface area contributed by atoms with Crippen LogP contribution in [0.1, 0.15) is 54.4 Å². The van der Waals surface area contributed by atoms with Gasteiger partial charge in [0.25, 0.3) is 0 Å². The van der Waals surface area contributed by atoms with Crippen LogP contribution in [0.5, 0.6) is 0 Å². The highest BCUT2D eigenvalue weighted by atomic mass is 16.6. The smallest absolute Gasteiger partial charge is 0.410 e. The number of hydrogen-bond acceptors (Lipinski definition) is 4. The first kappa shape index (κ1) is 24.6. The Morgan fingerprint density at radius 3 is 2.31 bits per heavy atom. The second-order valence-electron chi connectivity index (χ2n) is 9.73. The van der Waals surface area contributed by atoms with Gasteiger partial charge in [-0.05, 0) is 98.4 Å². The second kappa shape index (κ2) is 10.8. The van der Waals surface area contributed by atoms with Gasteiger partial charge in [-0.2, -0.15) is 0 Å². The summed E-state index contributed by atoms with van der Waals surface area (Å²) >= 11 is 0. The highest BCUT2D eigenvalue weighted by molar-refractivity contribution is 5.99. The van der Waals surface area contributed by atoms with E-state index < -0.39 is 5.97 Å². The van der Waals surface area contributed by atoms with Crippen LogP contribution in [-0.4, -0.2) is 40.7 Å². The average molecular weight is 480 g/mol. The highest BCUT2D eigenvalue weighted by Gasteiger charge is 2.28. The van der Waals surface area contributed by atoms with Crippen LogP contribution in [0.4, 0.5) is 21.0 Å². The number of hydrogen-bond donors (Lipinski definition) is 3. The SMILES string of the molecule is Cc1cc(C)cc(NC(=O)Nc2ccc3c(c2)CCN(C(=O)O[C@H]2CC[C@H](CC(=O)O)CC2)C3)c1. The first-order chi connectivity index (χ1) is 16.7. The molecule has 4 rings (SSSR count). The molecule has 2 aromatic carbocycles. The second-order valence-corrected chi connectivity index (χ2v) is 9.73. The van der Waals surface area contributed by atoms with E-state index in [2.05, 4.69) is 16.7 Å². The zero-order valence-corrected chi connectivity index (χ0v) is 20.3. The quantitative estimate of drug-likeness (QED) is 0.527. The van der Waals surface area contributed by atoms with Crippen molar-refractivity contribution in [2.75, 3.05) is 17.2 Å². The third-order valence-electron chi connectivity index (χ3n) is 6.74. The molecular weight excluding hydrogens is 446 g/mol. The molecule has 0 bridgehead atoms. The molecule has 8 heteroatoms. The van der Waals surface area contributed by atoms with Crippen molar-refractivity contribution in [1.29, 1.82) is 0 Å². The van der Waals surface area contributed by atoms with Crippen molar-refractivity contribution in [3.05, 3.63) is 58.7 Å². The summed E-state index contributed by atoms with van der Waals surface area (Å²) in [4.78, 5) is 37.8. The van der Waals surface area contributed by atoms with Crippen LogP contribution in [0.3, 0.4) is 0 Å². The highest BCUT2D eigenvalue weighted by Crippen LogP contribution is 2.30. The van der Waals surface area contributed by atoms with Gasteiger partial charge in [-0.3, -0.25) is 4.79 Å². The van der Waals surface area contributed by atoms with Gasteiger partial charge in [0.05, 0.1) is 0 Å². The van der Waals surface area contributed by atoms with E-state index in [4.69, 9.17) is 9.84 Å². The van der Waals surface area contributed by atoms with Crippen LogP contribution >= 0.6 is 0 Å². The number of fused-ring (bicyclic) bond motifs is 1. The molecule has 0 atom stereocenters. The third-order valence-corrected chi connectivity index (χ3v) is 6.74. The number of carbonyl (C=O) groups excluding carboxylic acids is 2. The predicted octanol–water partition coefficient (Wildman–Crippen LogP) is 5.48. The maximum atomic E-state index is 12.7. The largest absolute Gasteiger partial charge is 0.481 e. The number of aliphatic carboxylic acids is 1. The van der Waals surface area contributed by atoms with E-state index in [1.165, 1.54) is 0 Å². The van der Waals surface area contributed by atoms with Crippen molar-refractivity contribution in [2.45, 2.75) is 65.0 Å². The molecule has 2 aromatic rings. The van der Waals surface area contributed by atoms with E-state index >= 15 is 0 Å². The first-order valence-electron chi connectivity index (χ1n) is 12.2. The normalized spacial score (nSPS) is 19.4. The first-order valence-corrected chi connectivity index (χ1v) is 12.2. The van der Waals surface area contributed by atoms with Gasteiger partial charge < -0.3 is 25.4 Å². The van der Waals surface area contributed by atoms with E-state index in [-0.39, 0.29) is 30.6 Å². The van der Waals surface area contributed by atoms with Crippen molar-refractivity contribution in [1.82, 2.24) is 4.90 Å². The Hall–Kier alpha value is -3.55. The van der Waals surface area contributed by atoms with E-state index in [0.717, 1.165) is 40.8 Å². The van der Waals surface area contributed by atoms with Crippen LogP contribution in [0.15, 0.2) is 36.4 Å². The molecule has 0 aromatic heterocycles. The number of amides is 3. The van der Waals surface area contributed by atoms with Crippen LogP contribution in [0.2, 0.25) is 0 Å². The molecule has 2 aliphatic rings. The number of benzene rings is 2. The molecule has 0 radical (unpaired) electrons. The minimum absolute atomic E-state index is 0.142. The number of aryl methyl sites for hydroxylation is 2. The summed E-state index contributed by atoms with van der Waals surface area (Å²) in [5.74, 6) is -0.590. The lowest BCUT2D eigenvalue weighted by atomic mass is 9.85. The van der Waals surface area contributed by atoms with Gasteiger partial charge in [-0.1, -0.05) is 12.1 Å². The number of anilines is 2. The summed E-state index contributed by atoms with van der Waals surface area (Å²) in [7, 11) is 0. The molecule has 1 heterocycles. The molecule has 186 valence electrons. The van der Waals surface area contributed by atoms with Crippen molar-refractivity contribution in [3.8, 4) is 0 Å². The van der Waals surface area contributed by atoms with Crippen LogP contribution in [0.25, 0.3) is 0 Å². The fourth-order valence-electron chi connectivity index (χ4n) is 5.04. The summed E-state index contributed by atoms with van der Waals surface area (Å²) in [6.07, 6.45) is 3.40. The Morgan fingerprint density at radius 2 is 1.63 bits per heavy atom. The van der Waals surface area contributed by atoms with Gasteiger partial charge >= 0.3 is 18.1 Å². The van der Waals surface area contributed by atoms with E-state index in [1.807, 2.05) is 44.2 Å². The molecule has 1 aliphatic carbocycles. The number of ether oxygens (including phenoxy) is 1. The maximum absolute atomic E-state index is 12.7. The molecule has 1 aliphatic heterocycles. The van der Waals surface area contributed by atoms with Crippen molar-refractivity contribution in [3.63, 3.8) is 0 Å². The van der Waals surface area contributed by atoms with Gasteiger partial charge in [0.1, 0.15) is 6.10 Å².